The molecular weight excluding hydrogens is 256 g/mol. The summed E-state index contributed by atoms with van der Waals surface area (Å²) in [6.07, 6.45) is 1.04. The van der Waals surface area contributed by atoms with E-state index in [9.17, 15) is 8.78 Å². The lowest BCUT2D eigenvalue weighted by molar-refractivity contribution is 0.615. The monoisotopic (exact) mass is 275 g/mol. The summed E-state index contributed by atoms with van der Waals surface area (Å²) in [4.78, 5) is 0. The van der Waals surface area contributed by atoms with Gasteiger partial charge in [0.2, 0.25) is 0 Å². The predicted molar refractivity (Wildman–Crippen MR) is 78.5 cm³/mol. The molecular formula is C17H19F2N. The molecule has 2 rings (SSSR count). The minimum atomic E-state index is -0.311. The molecule has 0 heterocycles. The maximum absolute atomic E-state index is 14.2. The first-order valence-electron chi connectivity index (χ1n) is 6.88. The van der Waals surface area contributed by atoms with Gasteiger partial charge in [0.15, 0.2) is 0 Å². The first-order valence-corrected chi connectivity index (χ1v) is 6.88. The Labute approximate surface area is 118 Å². The Balaban J connectivity index is 2.27. The van der Waals surface area contributed by atoms with Crippen LogP contribution < -0.4 is 5.32 Å². The zero-order valence-electron chi connectivity index (χ0n) is 11.8. The molecule has 0 aromatic heterocycles. The summed E-state index contributed by atoms with van der Waals surface area (Å²) in [5.74, 6) is -0.620. The second-order valence-corrected chi connectivity index (χ2v) is 4.90. The van der Waals surface area contributed by atoms with E-state index in [1.165, 1.54) is 12.1 Å². The lowest BCUT2D eigenvalue weighted by Gasteiger charge is -2.10. The Hall–Kier alpha value is -1.74. The molecule has 0 radical (unpaired) electrons. The summed E-state index contributed by atoms with van der Waals surface area (Å²) >= 11 is 0. The molecule has 0 bridgehead atoms. The van der Waals surface area contributed by atoms with Crippen molar-refractivity contribution in [2.45, 2.75) is 26.8 Å². The molecule has 0 aliphatic carbocycles. The van der Waals surface area contributed by atoms with Crippen LogP contribution in [0.3, 0.4) is 0 Å². The van der Waals surface area contributed by atoms with E-state index in [0.29, 0.717) is 23.2 Å². The first kappa shape index (κ1) is 14.7. The van der Waals surface area contributed by atoms with Gasteiger partial charge in [-0.1, -0.05) is 31.2 Å². The van der Waals surface area contributed by atoms with Crippen molar-refractivity contribution < 1.29 is 8.78 Å². The normalized spacial score (nSPS) is 10.8. The molecule has 3 heteroatoms. The second-order valence-electron chi connectivity index (χ2n) is 4.90. The van der Waals surface area contributed by atoms with E-state index < -0.39 is 0 Å². The Morgan fingerprint density at radius 3 is 2.50 bits per heavy atom. The van der Waals surface area contributed by atoms with Gasteiger partial charge in [0.05, 0.1) is 0 Å². The Kier molecular flexibility index (Phi) is 4.85. The molecule has 0 saturated heterocycles. The van der Waals surface area contributed by atoms with E-state index >= 15 is 0 Å². The molecule has 0 aliphatic rings. The Bertz CT molecular complexity index is 594. The minimum absolute atomic E-state index is 0.310. The van der Waals surface area contributed by atoms with Crippen molar-refractivity contribution in [3.63, 3.8) is 0 Å². The van der Waals surface area contributed by atoms with E-state index in [1.54, 1.807) is 25.1 Å². The van der Waals surface area contributed by atoms with Crippen molar-refractivity contribution in [2.75, 3.05) is 6.54 Å². The van der Waals surface area contributed by atoms with Gasteiger partial charge in [0, 0.05) is 12.1 Å². The zero-order chi connectivity index (χ0) is 14.5. The Morgan fingerprint density at radius 1 is 1.00 bits per heavy atom. The van der Waals surface area contributed by atoms with Crippen LogP contribution in [0.5, 0.6) is 0 Å². The molecule has 0 fully saturated rings. The van der Waals surface area contributed by atoms with E-state index in [2.05, 4.69) is 12.2 Å². The fourth-order valence-corrected chi connectivity index (χ4v) is 2.20. The quantitative estimate of drug-likeness (QED) is 0.795. The molecule has 0 aliphatic heterocycles. The van der Waals surface area contributed by atoms with Crippen LogP contribution in [0.25, 0.3) is 11.1 Å². The summed E-state index contributed by atoms with van der Waals surface area (Å²) in [6, 6.07) is 9.85. The average Bonchev–Trinajstić information content (AvgIpc) is 2.43. The van der Waals surface area contributed by atoms with Crippen LogP contribution in [-0.2, 0) is 6.54 Å². The maximum atomic E-state index is 14.2. The fourth-order valence-electron chi connectivity index (χ4n) is 2.20. The summed E-state index contributed by atoms with van der Waals surface area (Å²) in [6.45, 7) is 5.31. The smallest absolute Gasteiger partial charge is 0.131 e. The molecule has 0 saturated carbocycles. The van der Waals surface area contributed by atoms with E-state index in [4.69, 9.17) is 0 Å². The lowest BCUT2D eigenvalue weighted by Crippen LogP contribution is -2.13. The SMILES string of the molecule is CCCNCc1ccc(-c2cccc(F)c2C)c(F)c1. The van der Waals surface area contributed by atoms with Crippen LogP contribution in [0.2, 0.25) is 0 Å². The largest absolute Gasteiger partial charge is 0.313 e. The van der Waals surface area contributed by atoms with Crippen molar-refractivity contribution in [2.24, 2.45) is 0 Å². The molecule has 0 atom stereocenters. The molecule has 2 aromatic rings. The fraction of sp³-hybridized carbons (Fsp3) is 0.294. The minimum Gasteiger partial charge on any atom is -0.313 e. The van der Waals surface area contributed by atoms with E-state index in [1.807, 2.05) is 6.07 Å². The topological polar surface area (TPSA) is 12.0 Å². The van der Waals surface area contributed by atoms with Gasteiger partial charge in [0.1, 0.15) is 11.6 Å². The van der Waals surface area contributed by atoms with Crippen LogP contribution in [0, 0.1) is 18.6 Å². The first-order chi connectivity index (χ1) is 9.63. The van der Waals surface area contributed by atoms with Crippen LogP contribution in [0.4, 0.5) is 8.78 Å². The van der Waals surface area contributed by atoms with Crippen molar-refractivity contribution in [3.05, 3.63) is 59.2 Å². The van der Waals surface area contributed by atoms with Crippen LogP contribution in [0.1, 0.15) is 24.5 Å². The van der Waals surface area contributed by atoms with Crippen molar-refractivity contribution >= 4 is 0 Å². The van der Waals surface area contributed by atoms with Gasteiger partial charge in [-0.2, -0.15) is 0 Å². The van der Waals surface area contributed by atoms with Gasteiger partial charge in [-0.25, -0.2) is 8.78 Å². The highest BCUT2D eigenvalue weighted by atomic mass is 19.1. The standard InChI is InChI=1S/C17H19F2N/c1-3-9-20-11-13-7-8-15(17(19)10-13)14-5-4-6-16(18)12(14)2/h4-8,10,20H,3,9,11H2,1-2H3. The van der Waals surface area contributed by atoms with Crippen molar-refractivity contribution in [1.29, 1.82) is 0 Å². The van der Waals surface area contributed by atoms with Gasteiger partial charge in [-0.05, 0) is 48.7 Å². The maximum Gasteiger partial charge on any atom is 0.131 e. The van der Waals surface area contributed by atoms with Gasteiger partial charge in [-0.3, -0.25) is 0 Å². The van der Waals surface area contributed by atoms with Gasteiger partial charge in [-0.15, -0.1) is 0 Å². The van der Waals surface area contributed by atoms with Crippen LogP contribution in [-0.4, -0.2) is 6.54 Å². The van der Waals surface area contributed by atoms with Crippen LogP contribution >= 0.6 is 0 Å². The highest BCUT2D eigenvalue weighted by Gasteiger charge is 2.10. The van der Waals surface area contributed by atoms with Crippen molar-refractivity contribution in [1.82, 2.24) is 5.32 Å². The van der Waals surface area contributed by atoms with E-state index in [0.717, 1.165) is 18.5 Å². The third-order valence-electron chi connectivity index (χ3n) is 3.35. The molecule has 0 spiro atoms. The molecule has 1 nitrogen and oxygen atoms in total. The van der Waals surface area contributed by atoms with Gasteiger partial charge in [0.25, 0.3) is 0 Å². The summed E-state index contributed by atoms with van der Waals surface area (Å²) < 4.78 is 27.8. The highest BCUT2D eigenvalue weighted by Crippen LogP contribution is 2.28. The Morgan fingerprint density at radius 2 is 1.80 bits per heavy atom. The second kappa shape index (κ2) is 6.62. The lowest BCUT2D eigenvalue weighted by atomic mass is 9.98. The molecule has 20 heavy (non-hydrogen) atoms. The number of hydrogen-bond acceptors (Lipinski definition) is 1. The highest BCUT2D eigenvalue weighted by molar-refractivity contribution is 5.68. The molecule has 2 aromatic carbocycles. The molecule has 0 unspecified atom stereocenters. The molecule has 0 amide bonds. The summed E-state index contributed by atoms with van der Waals surface area (Å²) in [5.41, 5.74) is 2.42. The number of halogens is 2. The third-order valence-corrected chi connectivity index (χ3v) is 3.35. The molecule has 106 valence electrons. The summed E-state index contributed by atoms with van der Waals surface area (Å²) in [5, 5.41) is 3.23. The molecule has 1 N–H and O–H groups in total. The number of benzene rings is 2. The van der Waals surface area contributed by atoms with Crippen LogP contribution in [0.15, 0.2) is 36.4 Å². The van der Waals surface area contributed by atoms with Crippen molar-refractivity contribution in [3.8, 4) is 11.1 Å². The van der Waals surface area contributed by atoms with Gasteiger partial charge >= 0.3 is 0 Å². The third kappa shape index (κ3) is 3.23. The predicted octanol–water partition coefficient (Wildman–Crippen LogP) is 4.44. The number of rotatable bonds is 5. The summed E-state index contributed by atoms with van der Waals surface area (Å²) in [7, 11) is 0. The average molecular weight is 275 g/mol. The zero-order valence-corrected chi connectivity index (χ0v) is 11.8. The number of hydrogen-bond donors (Lipinski definition) is 1. The van der Waals surface area contributed by atoms with Gasteiger partial charge < -0.3 is 5.32 Å². The van der Waals surface area contributed by atoms with E-state index in [-0.39, 0.29) is 11.6 Å². The number of nitrogens with one attached hydrogen (secondary N) is 1.